The summed E-state index contributed by atoms with van der Waals surface area (Å²) in [6.45, 7) is 6.25. The van der Waals surface area contributed by atoms with Gasteiger partial charge in [-0.1, -0.05) is 25.7 Å². The molecule has 70 valence electrons. The van der Waals surface area contributed by atoms with E-state index < -0.39 is 0 Å². The third kappa shape index (κ3) is 4.65. The molecule has 2 fully saturated rings. The van der Waals surface area contributed by atoms with E-state index in [-0.39, 0.29) is 21.1 Å². The Hall–Kier alpha value is 0.688. The van der Waals surface area contributed by atoms with Crippen molar-refractivity contribution >= 4 is 0 Å². The van der Waals surface area contributed by atoms with Crippen LogP contribution in [0, 0.1) is 24.2 Å². The SMILES string of the molecule is C[C-](C)C.[CH-]1C2CCC1CC2.[W+2]. The van der Waals surface area contributed by atoms with E-state index in [4.69, 9.17) is 0 Å². The van der Waals surface area contributed by atoms with Crippen LogP contribution in [0.4, 0.5) is 0 Å². The first kappa shape index (κ1) is 12.7. The molecular formula is C11H20W. The maximum Gasteiger partial charge on any atom is 2.00 e. The van der Waals surface area contributed by atoms with Crippen LogP contribution in [0.3, 0.4) is 0 Å². The molecule has 2 aliphatic carbocycles. The summed E-state index contributed by atoms with van der Waals surface area (Å²) < 4.78 is 0. The van der Waals surface area contributed by atoms with E-state index in [1.54, 1.807) is 0 Å². The molecule has 0 amide bonds. The topological polar surface area (TPSA) is 0 Å². The predicted molar refractivity (Wildman–Crippen MR) is 50.0 cm³/mol. The molecule has 0 spiro atoms. The molecule has 2 rings (SSSR count). The van der Waals surface area contributed by atoms with Crippen molar-refractivity contribution in [2.24, 2.45) is 11.8 Å². The first-order valence-corrected chi connectivity index (χ1v) is 4.80. The molecule has 0 N–H and O–H groups in total. The Balaban J connectivity index is 0.000000217. The average molecular weight is 336 g/mol. The molecule has 0 aliphatic heterocycles. The van der Waals surface area contributed by atoms with Gasteiger partial charge in [0.1, 0.15) is 0 Å². The second-order valence-corrected chi connectivity index (χ2v) is 4.37. The van der Waals surface area contributed by atoms with Crippen LogP contribution in [-0.4, -0.2) is 0 Å². The standard InChI is InChI=1S/C7H11.C4H9.W/c1-2-7-4-3-6(1)5-7;1-4(2)3;/h5-7H,1-4H2;1-3H3;/q2*-1;+2. The fraction of sp³-hybridized carbons (Fsp3) is 0.818. The van der Waals surface area contributed by atoms with Gasteiger partial charge >= 0.3 is 21.1 Å². The zero-order valence-corrected chi connectivity index (χ0v) is 11.4. The van der Waals surface area contributed by atoms with Crippen molar-refractivity contribution in [2.45, 2.75) is 46.5 Å². The van der Waals surface area contributed by atoms with Crippen molar-refractivity contribution in [1.82, 2.24) is 0 Å². The van der Waals surface area contributed by atoms with Crippen molar-refractivity contribution in [2.75, 3.05) is 0 Å². The van der Waals surface area contributed by atoms with Crippen LogP contribution in [0.25, 0.3) is 0 Å². The average Bonchev–Trinajstić information content (AvgIpc) is 2.45. The molecular weight excluding hydrogens is 316 g/mol. The quantitative estimate of drug-likeness (QED) is 0.593. The van der Waals surface area contributed by atoms with Gasteiger partial charge in [0.2, 0.25) is 0 Å². The summed E-state index contributed by atoms with van der Waals surface area (Å²) in [4.78, 5) is 0. The molecule has 0 aromatic heterocycles. The second kappa shape index (κ2) is 6.19. The van der Waals surface area contributed by atoms with Crippen LogP contribution in [-0.2, 0) is 21.1 Å². The summed E-state index contributed by atoms with van der Waals surface area (Å²) in [6, 6.07) is 0. The smallest absolute Gasteiger partial charge is 0.323 e. The van der Waals surface area contributed by atoms with Gasteiger partial charge in [0.15, 0.2) is 0 Å². The van der Waals surface area contributed by atoms with E-state index in [0.717, 1.165) is 11.8 Å². The summed E-state index contributed by atoms with van der Waals surface area (Å²) in [5.74, 6) is 3.51. The van der Waals surface area contributed by atoms with Crippen molar-refractivity contribution in [1.29, 1.82) is 0 Å². The van der Waals surface area contributed by atoms with Crippen molar-refractivity contribution in [3.8, 4) is 0 Å². The van der Waals surface area contributed by atoms with Gasteiger partial charge in [0.25, 0.3) is 0 Å². The van der Waals surface area contributed by atoms with Crippen LogP contribution in [0.5, 0.6) is 0 Å². The Bertz CT molecular complexity index is 88.8. The molecule has 0 nitrogen and oxygen atoms in total. The zero-order chi connectivity index (χ0) is 8.27. The Labute approximate surface area is 91.8 Å². The van der Waals surface area contributed by atoms with Gasteiger partial charge < -0.3 is 12.3 Å². The van der Waals surface area contributed by atoms with E-state index in [2.05, 4.69) is 27.2 Å². The maximum atomic E-state index is 2.56. The van der Waals surface area contributed by atoms with Crippen molar-refractivity contribution in [3.63, 3.8) is 0 Å². The molecule has 2 aliphatic rings. The van der Waals surface area contributed by atoms with Gasteiger partial charge in [0.05, 0.1) is 0 Å². The fourth-order valence-corrected chi connectivity index (χ4v) is 1.91. The summed E-state index contributed by atoms with van der Waals surface area (Å²) in [6.07, 6.45) is 8.57. The van der Waals surface area contributed by atoms with E-state index >= 15 is 0 Å². The van der Waals surface area contributed by atoms with Gasteiger partial charge in [-0.3, -0.25) is 0 Å². The van der Waals surface area contributed by atoms with Crippen LogP contribution in [0.1, 0.15) is 46.5 Å². The normalized spacial score (nSPS) is 31.0. The van der Waals surface area contributed by atoms with Crippen LogP contribution < -0.4 is 0 Å². The zero-order valence-electron chi connectivity index (χ0n) is 8.47. The molecule has 2 saturated carbocycles. The summed E-state index contributed by atoms with van der Waals surface area (Å²) in [5.41, 5.74) is 0. The third-order valence-electron chi connectivity index (χ3n) is 2.36. The minimum Gasteiger partial charge on any atom is -0.323 e. The summed E-state index contributed by atoms with van der Waals surface area (Å²) >= 11 is 0. The van der Waals surface area contributed by atoms with Crippen molar-refractivity contribution < 1.29 is 21.1 Å². The van der Waals surface area contributed by atoms with Gasteiger partial charge in [-0.2, -0.15) is 32.6 Å². The molecule has 2 bridgehead atoms. The summed E-state index contributed by atoms with van der Waals surface area (Å²) in [5, 5.41) is 0. The number of fused-ring (bicyclic) bond motifs is 2. The number of hydrogen-bond acceptors (Lipinski definition) is 0. The molecule has 0 atom stereocenters. The third-order valence-corrected chi connectivity index (χ3v) is 2.36. The first-order valence-electron chi connectivity index (χ1n) is 4.80. The van der Waals surface area contributed by atoms with E-state index in [1.807, 2.05) is 0 Å². The Morgan fingerprint density at radius 2 is 1.17 bits per heavy atom. The minimum atomic E-state index is 0. The monoisotopic (exact) mass is 336 g/mol. The van der Waals surface area contributed by atoms with E-state index in [1.165, 1.54) is 31.6 Å². The van der Waals surface area contributed by atoms with E-state index in [0.29, 0.717) is 0 Å². The maximum absolute atomic E-state index is 2.56. The molecule has 12 heavy (non-hydrogen) atoms. The molecule has 0 heterocycles. The van der Waals surface area contributed by atoms with E-state index in [9.17, 15) is 0 Å². The molecule has 0 aromatic rings. The molecule has 0 saturated heterocycles. The molecule has 0 unspecified atom stereocenters. The second-order valence-electron chi connectivity index (χ2n) is 4.37. The first-order chi connectivity index (χ1) is 5.18. The largest absolute Gasteiger partial charge is 2.00 e. The van der Waals surface area contributed by atoms with Crippen LogP contribution in [0.2, 0.25) is 0 Å². The number of hydrogen-bond donors (Lipinski definition) is 0. The Morgan fingerprint density at radius 3 is 1.25 bits per heavy atom. The van der Waals surface area contributed by atoms with Crippen molar-refractivity contribution in [3.05, 3.63) is 12.3 Å². The Morgan fingerprint density at radius 1 is 0.917 bits per heavy atom. The molecule has 0 radical (unpaired) electrons. The van der Waals surface area contributed by atoms with Crippen LogP contribution >= 0.6 is 0 Å². The van der Waals surface area contributed by atoms with Gasteiger partial charge in [-0.15, -0.1) is 0 Å². The van der Waals surface area contributed by atoms with Gasteiger partial charge in [0, 0.05) is 0 Å². The van der Waals surface area contributed by atoms with Gasteiger partial charge in [-0.05, 0) is 0 Å². The molecule has 0 aromatic carbocycles. The fourth-order valence-electron chi connectivity index (χ4n) is 1.91. The Kier molecular flexibility index (Phi) is 6.54. The molecule has 1 heteroatoms. The van der Waals surface area contributed by atoms with Gasteiger partial charge in [-0.25, -0.2) is 0 Å². The predicted octanol–water partition coefficient (Wildman–Crippen LogP) is 3.63. The summed E-state index contributed by atoms with van der Waals surface area (Å²) in [7, 11) is 0. The number of rotatable bonds is 0. The minimum absolute atomic E-state index is 0. The van der Waals surface area contributed by atoms with Crippen LogP contribution in [0.15, 0.2) is 0 Å².